The molecule has 3 amide bonds. The van der Waals surface area contributed by atoms with Gasteiger partial charge in [0, 0.05) is 29.2 Å². The topological polar surface area (TPSA) is 128 Å². The number of benzene rings is 1. The van der Waals surface area contributed by atoms with E-state index in [1.165, 1.54) is 12.1 Å². The normalized spacial score (nSPS) is 14.5. The summed E-state index contributed by atoms with van der Waals surface area (Å²) >= 11 is 0. The fourth-order valence-electron chi connectivity index (χ4n) is 3.29. The number of nitro groups is 1. The predicted octanol–water partition coefficient (Wildman–Crippen LogP) is 3.37. The summed E-state index contributed by atoms with van der Waals surface area (Å²) in [6, 6.07) is 11.4. The maximum atomic E-state index is 11.8. The molecule has 2 N–H and O–H groups in total. The summed E-state index contributed by atoms with van der Waals surface area (Å²) in [5.74, 6) is 0.314. The number of hydrogen-bond donors (Lipinski definition) is 2. The van der Waals surface area contributed by atoms with Crippen LogP contribution in [0.2, 0.25) is 0 Å². The molecular weight excluding hydrogens is 402 g/mol. The van der Waals surface area contributed by atoms with Crippen molar-refractivity contribution in [3.05, 3.63) is 81.4 Å². The standard InChI is InChI=1S/C21H17N5O5/c1-12-9-14(10-18-20(27)24-21(28)23-18)13(2)25(12)15-3-6-17(7-4-15)31-19-8-5-16(11-22-19)26(29)30/h3-11H,1-2H3,(H2,23,24,27,28)/b18-10-. The molecule has 0 bridgehead atoms. The fourth-order valence-corrected chi connectivity index (χ4v) is 3.29. The van der Waals surface area contributed by atoms with Crippen LogP contribution in [0.4, 0.5) is 10.5 Å². The first kappa shape index (κ1) is 19.8. The zero-order valence-electron chi connectivity index (χ0n) is 16.6. The summed E-state index contributed by atoms with van der Waals surface area (Å²) in [7, 11) is 0. The third kappa shape index (κ3) is 3.99. The minimum Gasteiger partial charge on any atom is -0.439 e. The van der Waals surface area contributed by atoms with E-state index in [-0.39, 0.29) is 17.3 Å². The van der Waals surface area contributed by atoms with Crippen LogP contribution in [0.3, 0.4) is 0 Å². The van der Waals surface area contributed by atoms with Crippen molar-refractivity contribution < 1.29 is 19.2 Å². The van der Waals surface area contributed by atoms with Gasteiger partial charge in [-0.2, -0.15) is 0 Å². The number of ether oxygens (including phenoxy) is 1. The number of nitrogens with zero attached hydrogens (tertiary/aromatic N) is 3. The average Bonchev–Trinajstić information content (AvgIpc) is 3.20. The molecule has 1 aliphatic heterocycles. The summed E-state index contributed by atoms with van der Waals surface area (Å²) in [6.45, 7) is 3.85. The third-order valence-corrected chi connectivity index (χ3v) is 4.74. The molecule has 4 rings (SSSR count). The van der Waals surface area contributed by atoms with E-state index in [1.807, 2.05) is 36.6 Å². The Morgan fingerprint density at radius 2 is 1.84 bits per heavy atom. The quantitative estimate of drug-likeness (QED) is 0.282. The minimum atomic E-state index is -0.539. The van der Waals surface area contributed by atoms with Gasteiger partial charge in [-0.15, -0.1) is 0 Å². The molecule has 0 unspecified atom stereocenters. The highest BCUT2D eigenvalue weighted by Gasteiger charge is 2.23. The second-order valence-electron chi connectivity index (χ2n) is 6.84. The van der Waals surface area contributed by atoms with E-state index >= 15 is 0 Å². The van der Waals surface area contributed by atoms with Crippen LogP contribution in [-0.2, 0) is 4.79 Å². The van der Waals surface area contributed by atoms with E-state index in [2.05, 4.69) is 15.6 Å². The number of urea groups is 1. The molecule has 2 aromatic heterocycles. The first-order chi connectivity index (χ1) is 14.8. The first-order valence-corrected chi connectivity index (χ1v) is 9.23. The van der Waals surface area contributed by atoms with E-state index < -0.39 is 16.9 Å². The van der Waals surface area contributed by atoms with Gasteiger partial charge in [0.1, 0.15) is 17.6 Å². The van der Waals surface area contributed by atoms with Gasteiger partial charge >= 0.3 is 6.03 Å². The van der Waals surface area contributed by atoms with Crippen molar-refractivity contribution in [3.63, 3.8) is 0 Å². The van der Waals surface area contributed by atoms with Crippen LogP contribution in [0.25, 0.3) is 11.8 Å². The number of amides is 3. The Hall–Kier alpha value is -4.47. The molecule has 156 valence electrons. The van der Waals surface area contributed by atoms with Crippen LogP contribution < -0.4 is 15.4 Å². The minimum absolute atomic E-state index is 0.110. The fraction of sp³-hybridized carbons (Fsp3) is 0.0952. The van der Waals surface area contributed by atoms with Gasteiger partial charge in [-0.25, -0.2) is 9.78 Å². The van der Waals surface area contributed by atoms with Crippen molar-refractivity contribution in [3.8, 4) is 17.3 Å². The zero-order valence-corrected chi connectivity index (χ0v) is 16.6. The van der Waals surface area contributed by atoms with Crippen molar-refractivity contribution >= 4 is 23.7 Å². The number of rotatable bonds is 5. The first-order valence-electron chi connectivity index (χ1n) is 9.23. The van der Waals surface area contributed by atoms with Crippen LogP contribution in [0, 0.1) is 24.0 Å². The molecule has 10 nitrogen and oxygen atoms in total. The molecule has 0 atom stereocenters. The Balaban J connectivity index is 1.56. The lowest BCUT2D eigenvalue weighted by molar-refractivity contribution is -0.385. The lowest BCUT2D eigenvalue weighted by Crippen LogP contribution is -2.22. The predicted molar refractivity (Wildman–Crippen MR) is 111 cm³/mol. The Morgan fingerprint density at radius 1 is 1.10 bits per heavy atom. The van der Waals surface area contributed by atoms with Gasteiger partial charge in [-0.1, -0.05) is 0 Å². The SMILES string of the molecule is Cc1cc(/C=C2\NC(=O)NC2=O)c(C)n1-c1ccc(Oc2ccc([N+](=O)[O-])cn2)cc1. The van der Waals surface area contributed by atoms with Gasteiger partial charge < -0.3 is 14.6 Å². The highest BCUT2D eigenvalue weighted by molar-refractivity contribution is 6.14. The molecule has 0 aliphatic carbocycles. The third-order valence-electron chi connectivity index (χ3n) is 4.74. The molecule has 3 aromatic rings. The van der Waals surface area contributed by atoms with Gasteiger partial charge in [0.05, 0.1) is 4.92 Å². The summed E-state index contributed by atoms with van der Waals surface area (Å²) < 4.78 is 7.65. The van der Waals surface area contributed by atoms with Crippen LogP contribution in [-0.4, -0.2) is 26.4 Å². The molecule has 10 heteroatoms. The number of imide groups is 1. The Morgan fingerprint density at radius 3 is 2.42 bits per heavy atom. The summed E-state index contributed by atoms with van der Waals surface area (Å²) in [5.41, 5.74) is 3.61. The van der Waals surface area contributed by atoms with Crippen molar-refractivity contribution in [2.45, 2.75) is 13.8 Å². The van der Waals surface area contributed by atoms with Crippen molar-refractivity contribution in [2.75, 3.05) is 0 Å². The second-order valence-corrected chi connectivity index (χ2v) is 6.84. The van der Waals surface area contributed by atoms with E-state index in [4.69, 9.17) is 4.74 Å². The van der Waals surface area contributed by atoms with E-state index in [0.29, 0.717) is 5.75 Å². The molecule has 0 saturated carbocycles. The zero-order chi connectivity index (χ0) is 22.1. The van der Waals surface area contributed by atoms with Gasteiger partial charge in [-0.3, -0.25) is 20.2 Å². The smallest absolute Gasteiger partial charge is 0.326 e. The van der Waals surface area contributed by atoms with E-state index in [1.54, 1.807) is 18.2 Å². The lowest BCUT2D eigenvalue weighted by Gasteiger charge is -2.11. The van der Waals surface area contributed by atoms with Crippen molar-refractivity contribution in [1.82, 2.24) is 20.2 Å². The lowest BCUT2D eigenvalue weighted by atomic mass is 10.2. The van der Waals surface area contributed by atoms with Gasteiger partial charge in [0.25, 0.3) is 11.6 Å². The highest BCUT2D eigenvalue weighted by Crippen LogP contribution is 2.26. The van der Waals surface area contributed by atoms with Gasteiger partial charge in [-0.05, 0) is 55.8 Å². The Kier molecular flexibility index (Phi) is 4.96. The number of nitrogens with one attached hydrogen (secondary N) is 2. The van der Waals surface area contributed by atoms with Crippen molar-refractivity contribution in [2.24, 2.45) is 0 Å². The number of aryl methyl sites for hydroxylation is 1. The average molecular weight is 419 g/mol. The summed E-state index contributed by atoms with van der Waals surface area (Å²) in [6.07, 6.45) is 2.77. The summed E-state index contributed by atoms with van der Waals surface area (Å²) in [5, 5.41) is 15.4. The molecule has 0 spiro atoms. The molecule has 0 radical (unpaired) electrons. The van der Waals surface area contributed by atoms with E-state index in [0.717, 1.165) is 28.8 Å². The number of aromatic nitrogens is 2. The largest absolute Gasteiger partial charge is 0.439 e. The Bertz CT molecular complexity index is 1230. The second kappa shape index (κ2) is 7.75. The maximum absolute atomic E-state index is 11.8. The van der Waals surface area contributed by atoms with Gasteiger partial charge in [0.15, 0.2) is 0 Å². The number of carbonyl (C=O) groups excluding carboxylic acids is 2. The van der Waals surface area contributed by atoms with Crippen LogP contribution >= 0.6 is 0 Å². The number of carbonyl (C=O) groups is 2. The monoisotopic (exact) mass is 419 g/mol. The highest BCUT2D eigenvalue weighted by atomic mass is 16.6. The van der Waals surface area contributed by atoms with E-state index in [9.17, 15) is 19.7 Å². The number of pyridine rings is 1. The van der Waals surface area contributed by atoms with Crippen LogP contribution in [0.1, 0.15) is 17.0 Å². The van der Waals surface area contributed by atoms with Crippen molar-refractivity contribution in [1.29, 1.82) is 0 Å². The molecule has 1 aliphatic rings. The van der Waals surface area contributed by atoms with Gasteiger partial charge in [0.2, 0.25) is 5.88 Å². The molecule has 31 heavy (non-hydrogen) atoms. The molecule has 1 saturated heterocycles. The summed E-state index contributed by atoms with van der Waals surface area (Å²) in [4.78, 5) is 37.2. The molecule has 3 heterocycles. The molecule has 1 fully saturated rings. The number of hydrogen-bond acceptors (Lipinski definition) is 6. The maximum Gasteiger partial charge on any atom is 0.326 e. The van der Waals surface area contributed by atoms with Crippen LogP contribution in [0.5, 0.6) is 11.6 Å². The Labute approximate surface area is 176 Å². The molecular formula is C21H17N5O5. The molecule has 1 aromatic carbocycles. The van der Waals surface area contributed by atoms with Crippen LogP contribution in [0.15, 0.2) is 54.4 Å².